The molecule has 14 nitrogen and oxygen atoms in total. The van der Waals surface area contributed by atoms with E-state index in [0.29, 0.717) is 83.0 Å². The summed E-state index contributed by atoms with van der Waals surface area (Å²) in [5, 5.41) is 17.9. The van der Waals surface area contributed by atoms with Gasteiger partial charge in [0.2, 0.25) is 5.91 Å². The quantitative estimate of drug-likeness (QED) is 0.0451. The average Bonchev–Trinajstić information content (AvgIpc) is 2.96. The lowest BCUT2D eigenvalue weighted by Gasteiger charge is -2.39. The molecule has 5 N–H and O–H groups in total. The Hall–Kier alpha value is -3.55. The van der Waals surface area contributed by atoms with Crippen molar-refractivity contribution in [2.45, 2.75) is 58.0 Å². The molecule has 0 aliphatic heterocycles. The number of primary amides is 1. The number of ketones is 2. The van der Waals surface area contributed by atoms with Crippen LogP contribution in [0.4, 0.5) is 10.5 Å². The van der Waals surface area contributed by atoms with E-state index in [1.165, 1.54) is 0 Å². The second kappa shape index (κ2) is 20.4. The molecule has 1 fully saturated rings. The Morgan fingerprint density at radius 1 is 0.977 bits per heavy atom. The van der Waals surface area contributed by atoms with Gasteiger partial charge in [-0.15, -0.1) is 0 Å². The fraction of sp³-hybridized carbons (Fsp3) is 0.655. The number of rotatable bonds is 24. The van der Waals surface area contributed by atoms with Gasteiger partial charge in [0.25, 0.3) is 0 Å². The minimum Gasteiger partial charge on any atom is -0.392 e. The highest BCUT2D eigenvalue weighted by Crippen LogP contribution is 2.45. The summed E-state index contributed by atoms with van der Waals surface area (Å²) in [5.41, 5.74) is 13.5. The van der Waals surface area contributed by atoms with Gasteiger partial charge in [-0.05, 0) is 55.3 Å². The van der Waals surface area contributed by atoms with E-state index in [9.17, 15) is 24.3 Å². The fourth-order valence-electron chi connectivity index (χ4n) is 4.75. The zero-order valence-electron chi connectivity index (χ0n) is 24.6. The Morgan fingerprint density at radius 3 is 2.21 bits per heavy atom. The maximum absolute atomic E-state index is 13.5. The first kappa shape index (κ1) is 35.6. The number of aliphatic hydroxyl groups is 1. The minimum absolute atomic E-state index is 0.0774. The van der Waals surface area contributed by atoms with Crippen LogP contribution in [-0.2, 0) is 35.2 Å². The molecule has 0 aromatic heterocycles. The largest absolute Gasteiger partial charge is 0.392 e. The molecule has 1 aliphatic rings. The van der Waals surface area contributed by atoms with Gasteiger partial charge in [-0.3, -0.25) is 14.4 Å². The van der Waals surface area contributed by atoms with Crippen LogP contribution in [0.1, 0.15) is 56.9 Å². The predicted octanol–water partition coefficient (Wildman–Crippen LogP) is 3.02. The monoisotopic (exact) mass is 604 g/mol. The van der Waals surface area contributed by atoms with Crippen molar-refractivity contribution in [3.05, 3.63) is 40.3 Å². The van der Waals surface area contributed by atoms with Crippen molar-refractivity contribution in [2.24, 2.45) is 22.2 Å². The molecule has 3 amide bonds. The zero-order valence-corrected chi connectivity index (χ0v) is 24.6. The number of anilines is 1. The number of nitrogens with two attached hydrogens (primary N) is 1. The van der Waals surface area contributed by atoms with Crippen molar-refractivity contribution >= 4 is 29.2 Å². The van der Waals surface area contributed by atoms with Gasteiger partial charge >= 0.3 is 6.03 Å². The Labute approximate surface area is 251 Å². The topological polar surface area (TPSA) is 215 Å². The second-order valence-electron chi connectivity index (χ2n) is 10.4. The van der Waals surface area contributed by atoms with Crippen LogP contribution >= 0.6 is 0 Å². The SMILES string of the molecule is [N-]=[N+]=NCCOCCOCCOCCCC(=O)C1(C(=O)C[C@@H](CCCNC(N)=O)C(=O)Nc2ccc(CO)cc2)CCC1. The molecule has 2 rings (SSSR count). The van der Waals surface area contributed by atoms with Gasteiger partial charge in [0.05, 0.1) is 45.1 Å². The van der Waals surface area contributed by atoms with E-state index in [2.05, 4.69) is 20.7 Å². The van der Waals surface area contributed by atoms with Gasteiger partial charge < -0.3 is 35.7 Å². The first-order valence-corrected chi connectivity index (χ1v) is 14.7. The summed E-state index contributed by atoms with van der Waals surface area (Å²) in [7, 11) is 0. The number of benzene rings is 1. The maximum atomic E-state index is 13.5. The minimum atomic E-state index is -1.06. The lowest BCUT2D eigenvalue weighted by Crippen LogP contribution is -2.46. The van der Waals surface area contributed by atoms with Crippen LogP contribution in [0.3, 0.4) is 0 Å². The molecule has 0 saturated heterocycles. The molecule has 1 aromatic rings. The Kier molecular flexibility index (Phi) is 16.9. The summed E-state index contributed by atoms with van der Waals surface area (Å²) in [4.78, 5) is 53.6. The lowest BCUT2D eigenvalue weighted by molar-refractivity contribution is -0.148. The number of urea groups is 1. The number of aliphatic hydroxyl groups excluding tert-OH is 1. The standard InChI is InChI=1S/C29H44N6O8/c30-28(40)32-12-1-4-23(27(39)34-24-8-6-22(21-36)7-9-24)20-26(38)29(10-3-11-29)25(37)5-2-14-41-16-18-43-19-17-42-15-13-33-35-31/h6-9,23,36H,1-5,10-21H2,(H,34,39)(H3,30,32,40)/t23-/m1/s1. The summed E-state index contributed by atoms with van der Waals surface area (Å²) in [6.45, 7) is 2.63. The van der Waals surface area contributed by atoms with E-state index in [0.717, 1.165) is 6.42 Å². The second-order valence-corrected chi connectivity index (χ2v) is 10.4. The van der Waals surface area contributed by atoms with Crippen molar-refractivity contribution < 1.29 is 38.5 Å². The van der Waals surface area contributed by atoms with Crippen molar-refractivity contribution in [3.63, 3.8) is 0 Å². The third kappa shape index (κ3) is 13.1. The van der Waals surface area contributed by atoms with Crippen molar-refractivity contribution in [1.82, 2.24) is 5.32 Å². The van der Waals surface area contributed by atoms with E-state index < -0.39 is 17.4 Å². The van der Waals surface area contributed by atoms with E-state index in [4.69, 9.17) is 25.5 Å². The summed E-state index contributed by atoms with van der Waals surface area (Å²) in [6.07, 6.45) is 3.10. The van der Waals surface area contributed by atoms with Crippen LogP contribution in [0.5, 0.6) is 0 Å². The smallest absolute Gasteiger partial charge is 0.312 e. The van der Waals surface area contributed by atoms with Gasteiger partial charge in [-0.2, -0.15) is 0 Å². The number of amides is 3. The molecule has 238 valence electrons. The fourth-order valence-corrected chi connectivity index (χ4v) is 4.75. The molecular formula is C29H44N6O8. The third-order valence-corrected chi connectivity index (χ3v) is 7.35. The van der Waals surface area contributed by atoms with E-state index >= 15 is 0 Å². The normalized spacial score (nSPS) is 14.2. The van der Waals surface area contributed by atoms with Gasteiger partial charge in [-0.25, -0.2) is 4.79 Å². The third-order valence-electron chi connectivity index (χ3n) is 7.35. The van der Waals surface area contributed by atoms with Crippen LogP contribution in [0, 0.1) is 11.3 Å². The molecule has 1 aromatic carbocycles. The van der Waals surface area contributed by atoms with E-state index in [-0.39, 0.29) is 50.0 Å². The van der Waals surface area contributed by atoms with Crippen LogP contribution in [0.25, 0.3) is 10.4 Å². The first-order chi connectivity index (χ1) is 20.8. The molecular weight excluding hydrogens is 560 g/mol. The van der Waals surface area contributed by atoms with E-state index in [1.807, 2.05) is 0 Å². The Morgan fingerprint density at radius 2 is 1.63 bits per heavy atom. The number of nitrogens with one attached hydrogen (secondary N) is 2. The molecule has 1 atom stereocenters. The summed E-state index contributed by atoms with van der Waals surface area (Å²) in [6, 6.07) is 6.07. The highest BCUT2D eigenvalue weighted by Gasteiger charge is 2.49. The van der Waals surface area contributed by atoms with Crippen molar-refractivity contribution in [1.29, 1.82) is 0 Å². The number of ether oxygens (including phenoxy) is 3. The van der Waals surface area contributed by atoms with Crippen LogP contribution in [0.2, 0.25) is 0 Å². The molecule has 14 heteroatoms. The predicted molar refractivity (Wildman–Crippen MR) is 158 cm³/mol. The summed E-state index contributed by atoms with van der Waals surface area (Å²) >= 11 is 0. The number of carbonyl (C=O) groups is 4. The van der Waals surface area contributed by atoms with Gasteiger partial charge in [0, 0.05) is 49.1 Å². The summed E-state index contributed by atoms with van der Waals surface area (Å²) < 4.78 is 16.2. The van der Waals surface area contributed by atoms with Crippen molar-refractivity contribution in [3.8, 4) is 0 Å². The molecule has 0 unspecified atom stereocenters. The first-order valence-electron chi connectivity index (χ1n) is 14.7. The molecule has 0 bridgehead atoms. The van der Waals surface area contributed by atoms with Crippen LogP contribution in [0.15, 0.2) is 29.4 Å². The zero-order chi connectivity index (χ0) is 31.3. The Balaban J connectivity index is 1.80. The number of hydrogen-bond donors (Lipinski definition) is 4. The molecule has 0 heterocycles. The molecule has 1 saturated carbocycles. The average molecular weight is 605 g/mol. The molecule has 43 heavy (non-hydrogen) atoms. The number of nitrogens with zero attached hydrogens (tertiary/aromatic N) is 3. The molecule has 0 spiro atoms. The van der Waals surface area contributed by atoms with Gasteiger partial charge in [0.1, 0.15) is 11.6 Å². The van der Waals surface area contributed by atoms with Crippen molar-refractivity contribution in [2.75, 3.05) is 58.0 Å². The molecule has 1 aliphatic carbocycles. The van der Waals surface area contributed by atoms with Gasteiger partial charge in [0.15, 0.2) is 0 Å². The number of azide groups is 1. The number of carbonyl (C=O) groups excluding carboxylic acids is 4. The lowest BCUT2D eigenvalue weighted by atomic mass is 9.61. The molecule has 0 radical (unpaired) electrons. The Bertz CT molecular complexity index is 1070. The highest BCUT2D eigenvalue weighted by atomic mass is 16.5. The number of Topliss-reactive ketones (excluding diaryl/α,β-unsaturated/α-hetero) is 2. The maximum Gasteiger partial charge on any atom is 0.312 e. The number of hydrogen-bond acceptors (Lipinski definition) is 9. The summed E-state index contributed by atoms with van der Waals surface area (Å²) in [5.74, 6) is -1.37. The highest BCUT2D eigenvalue weighted by molar-refractivity contribution is 6.09. The van der Waals surface area contributed by atoms with E-state index in [1.54, 1.807) is 24.3 Å². The van der Waals surface area contributed by atoms with Crippen LogP contribution in [-0.4, -0.2) is 81.3 Å². The van der Waals surface area contributed by atoms with Crippen LogP contribution < -0.4 is 16.4 Å². The van der Waals surface area contributed by atoms with Gasteiger partial charge in [-0.1, -0.05) is 23.7 Å².